The highest BCUT2D eigenvalue weighted by molar-refractivity contribution is 8.02. The molecule has 8 heteroatoms. The van der Waals surface area contributed by atoms with Crippen molar-refractivity contribution in [1.29, 1.82) is 0 Å². The first-order valence-electron chi connectivity index (χ1n) is 11.2. The maximum Gasteiger partial charge on any atom is 0.269 e. The van der Waals surface area contributed by atoms with Gasteiger partial charge in [0.05, 0.1) is 18.6 Å². The van der Waals surface area contributed by atoms with Crippen LogP contribution in [0.4, 0.5) is 17.1 Å². The quantitative estimate of drug-likeness (QED) is 0.583. The molecule has 2 aliphatic heterocycles. The van der Waals surface area contributed by atoms with Gasteiger partial charge in [0, 0.05) is 16.9 Å². The number of thioether (sulfide) groups is 1. The first-order chi connectivity index (χ1) is 16.8. The molecular formula is C27H25N3O4S. The van der Waals surface area contributed by atoms with Gasteiger partial charge >= 0.3 is 0 Å². The van der Waals surface area contributed by atoms with Crippen molar-refractivity contribution in [3.63, 3.8) is 0 Å². The number of methoxy groups -OCH3 is 1. The van der Waals surface area contributed by atoms with Crippen molar-refractivity contribution in [3.05, 3.63) is 83.4 Å². The van der Waals surface area contributed by atoms with Crippen LogP contribution in [0.3, 0.4) is 0 Å². The minimum absolute atomic E-state index is 0.133. The van der Waals surface area contributed by atoms with E-state index < -0.39 is 4.87 Å². The number of amides is 3. The Labute approximate surface area is 208 Å². The summed E-state index contributed by atoms with van der Waals surface area (Å²) in [6.07, 6.45) is 0. The molecule has 0 aliphatic carbocycles. The van der Waals surface area contributed by atoms with Crippen molar-refractivity contribution in [1.82, 2.24) is 0 Å². The second-order valence-electron chi connectivity index (χ2n) is 8.62. The highest BCUT2D eigenvalue weighted by Gasteiger charge is 2.61. The Balaban J connectivity index is 1.49. The molecule has 3 aromatic carbocycles. The van der Waals surface area contributed by atoms with E-state index in [2.05, 4.69) is 5.32 Å². The minimum atomic E-state index is -1.24. The number of aryl methyl sites for hydroxylation is 2. The Bertz CT molecular complexity index is 1340. The summed E-state index contributed by atoms with van der Waals surface area (Å²) in [4.78, 5) is 42.0. The number of para-hydroxylation sites is 1. The Kier molecular flexibility index (Phi) is 5.76. The van der Waals surface area contributed by atoms with Gasteiger partial charge in [-0.1, -0.05) is 24.3 Å². The molecular weight excluding hydrogens is 462 g/mol. The van der Waals surface area contributed by atoms with E-state index in [1.54, 1.807) is 36.3 Å². The molecule has 7 nitrogen and oxygen atoms in total. The first kappa shape index (κ1) is 23.0. The maximum absolute atomic E-state index is 14.1. The third-order valence-corrected chi connectivity index (χ3v) is 7.87. The van der Waals surface area contributed by atoms with E-state index in [1.165, 1.54) is 16.7 Å². The van der Waals surface area contributed by atoms with Gasteiger partial charge in [-0.05, 0) is 67.4 Å². The number of nitrogens with one attached hydrogen (secondary N) is 1. The smallest absolute Gasteiger partial charge is 0.269 e. The number of hydrogen-bond acceptors (Lipinski definition) is 5. The van der Waals surface area contributed by atoms with Crippen molar-refractivity contribution in [2.75, 3.05) is 34.5 Å². The molecule has 1 saturated heterocycles. The van der Waals surface area contributed by atoms with Gasteiger partial charge in [0.1, 0.15) is 12.3 Å². The fourth-order valence-corrected chi connectivity index (χ4v) is 5.96. The molecule has 2 aliphatic rings. The van der Waals surface area contributed by atoms with Gasteiger partial charge in [-0.2, -0.15) is 0 Å². The van der Waals surface area contributed by atoms with Crippen LogP contribution in [0.1, 0.15) is 16.7 Å². The first-order valence-corrected chi connectivity index (χ1v) is 12.2. The molecule has 3 amide bonds. The molecule has 0 saturated carbocycles. The van der Waals surface area contributed by atoms with Crippen LogP contribution in [0.5, 0.6) is 5.75 Å². The molecule has 2 heterocycles. The lowest BCUT2D eigenvalue weighted by Crippen LogP contribution is -2.50. The third-order valence-electron chi connectivity index (χ3n) is 6.49. The molecule has 178 valence electrons. The van der Waals surface area contributed by atoms with Crippen LogP contribution < -0.4 is 19.9 Å². The maximum atomic E-state index is 14.1. The summed E-state index contributed by atoms with van der Waals surface area (Å²) in [6.45, 7) is 3.83. The summed E-state index contributed by atoms with van der Waals surface area (Å²) in [5.41, 5.74) is 4.78. The lowest BCUT2D eigenvalue weighted by atomic mass is 10.0. The predicted octanol–water partition coefficient (Wildman–Crippen LogP) is 4.23. The number of fused-ring (bicyclic) bond motifs is 2. The van der Waals surface area contributed by atoms with Gasteiger partial charge in [0.25, 0.3) is 5.91 Å². The summed E-state index contributed by atoms with van der Waals surface area (Å²) in [5, 5.41) is 2.84. The fourth-order valence-electron chi connectivity index (χ4n) is 4.60. The summed E-state index contributed by atoms with van der Waals surface area (Å²) < 4.78 is 5.16. The van der Waals surface area contributed by atoms with Gasteiger partial charge in [-0.15, -0.1) is 11.8 Å². The van der Waals surface area contributed by atoms with E-state index in [0.717, 1.165) is 16.7 Å². The van der Waals surface area contributed by atoms with Crippen LogP contribution in [-0.4, -0.2) is 37.1 Å². The molecule has 5 rings (SSSR count). The van der Waals surface area contributed by atoms with Gasteiger partial charge in [-0.3, -0.25) is 24.2 Å². The number of rotatable bonds is 5. The number of nitrogens with zero attached hydrogens (tertiary/aromatic N) is 2. The van der Waals surface area contributed by atoms with Crippen LogP contribution >= 0.6 is 11.8 Å². The van der Waals surface area contributed by atoms with E-state index in [9.17, 15) is 14.4 Å². The summed E-state index contributed by atoms with van der Waals surface area (Å²) >= 11 is 1.30. The Morgan fingerprint density at radius 2 is 1.77 bits per heavy atom. The number of ether oxygens (including phenoxy) is 1. The summed E-state index contributed by atoms with van der Waals surface area (Å²) in [6, 6.07) is 20.2. The van der Waals surface area contributed by atoms with Crippen LogP contribution in [0.25, 0.3) is 0 Å². The topological polar surface area (TPSA) is 79.0 Å². The zero-order chi connectivity index (χ0) is 24.7. The van der Waals surface area contributed by atoms with Crippen molar-refractivity contribution in [2.24, 2.45) is 0 Å². The summed E-state index contributed by atoms with van der Waals surface area (Å²) in [5.74, 6) is 0.104. The lowest BCUT2D eigenvalue weighted by molar-refractivity contribution is -0.124. The highest BCUT2D eigenvalue weighted by Crippen LogP contribution is 2.55. The molecule has 1 spiro atoms. The third kappa shape index (κ3) is 3.74. The van der Waals surface area contributed by atoms with E-state index in [-0.39, 0.29) is 30.0 Å². The number of hydrogen-bond donors (Lipinski definition) is 1. The van der Waals surface area contributed by atoms with E-state index >= 15 is 0 Å². The van der Waals surface area contributed by atoms with Crippen LogP contribution in [0, 0.1) is 13.8 Å². The van der Waals surface area contributed by atoms with Crippen LogP contribution in [0.15, 0.2) is 66.7 Å². The van der Waals surface area contributed by atoms with Crippen LogP contribution in [0.2, 0.25) is 0 Å². The minimum Gasteiger partial charge on any atom is -0.497 e. The van der Waals surface area contributed by atoms with E-state index in [1.807, 2.05) is 56.3 Å². The molecule has 0 bridgehead atoms. The van der Waals surface area contributed by atoms with Crippen molar-refractivity contribution < 1.29 is 19.1 Å². The normalized spacial score (nSPS) is 18.8. The van der Waals surface area contributed by atoms with Crippen molar-refractivity contribution in [2.45, 2.75) is 18.7 Å². The zero-order valence-electron chi connectivity index (χ0n) is 19.7. The Hall–Kier alpha value is -3.78. The molecule has 1 unspecified atom stereocenters. The van der Waals surface area contributed by atoms with Gasteiger partial charge in [0.2, 0.25) is 16.7 Å². The molecule has 1 N–H and O–H groups in total. The average molecular weight is 488 g/mol. The largest absolute Gasteiger partial charge is 0.497 e. The number of carbonyl (C=O) groups is 3. The molecule has 1 atom stereocenters. The number of carbonyl (C=O) groups excluding carboxylic acids is 3. The lowest BCUT2D eigenvalue weighted by Gasteiger charge is -2.33. The second kappa shape index (κ2) is 8.78. The Morgan fingerprint density at radius 1 is 1.03 bits per heavy atom. The SMILES string of the molecule is COc1ccc(NC(=O)CN2C(=O)C3(SCC(=O)N3c3ccc(C)c(C)c3)c3ccccc32)cc1. The Morgan fingerprint density at radius 3 is 2.49 bits per heavy atom. The van der Waals surface area contributed by atoms with E-state index in [0.29, 0.717) is 22.8 Å². The monoisotopic (exact) mass is 487 g/mol. The highest BCUT2D eigenvalue weighted by atomic mass is 32.2. The predicted molar refractivity (Wildman–Crippen MR) is 138 cm³/mol. The van der Waals surface area contributed by atoms with Gasteiger partial charge in [0.15, 0.2) is 0 Å². The van der Waals surface area contributed by atoms with Crippen LogP contribution in [-0.2, 0) is 19.3 Å². The molecule has 0 radical (unpaired) electrons. The van der Waals surface area contributed by atoms with E-state index in [4.69, 9.17) is 4.74 Å². The number of anilines is 3. The van der Waals surface area contributed by atoms with Crippen molar-refractivity contribution >= 4 is 46.5 Å². The zero-order valence-corrected chi connectivity index (χ0v) is 20.5. The molecule has 3 aromatic rings. The van der Waals surface area contributed by atoms with Gasteiger partial charge in [-0.25, -0.2) is 0 Å². The molecule has 1 fully saturated rings. The summed E-state index contributed by atoms with van der Waals surface area (Å²) in [7, 11) is 1.58. The standard InChI is InChI=1S/C27H25N3O4S/c1-17-8-11-20(14-18(17)2)30-25(32)16-35-27(30)22-6-4-5-7-23(22)29(26(27)33)15-24(31)28-19-9-12-21(34-3)13-10-19/h4-14H,15-16H2,1-3H3,(H,28,31). The van der Waals surface area contributed by atoms with Gasteiger partial charge < -0.3 is 10.1 Å². The second-order valence-corrected chi connectivity index (χ2v) is 9.78. The van der Waals surface area contributed by atoms with Crippen molar-refractivity contribution in [3.8, 4) is 5.75 Å². The average Bonchev–Trinajstić information content (AvgIpc) is 3.32. The molecule has 35 heavy (non-hydrogen) atoms. The molecule has 0 aromatic heterocycles. The fraction of sp³-hybridized carbons (Fsp3) is 0.222. The number of benzene rings is 3.